The van der Waals surface area contributed by atoms with Gasteiger partial charge in [0.25, 0.3) is 0 Å². The highest BCUT2D eigenvalue weighted by molar-refractivity contribution is 7.22. The number of thiazole rings is 2. The number of nitrogens with zero attached hydrogens (tertiary/aromatic N) is 5. The Bertz CT molecular complexity index is 1630. The minimum Gasteiger partial charge on any atom is -0.497 e. The lowest BCUT2D eigenvalue weighted by Gasteiger charge is -2.06. The summed E-state index contributed by atoms with van der Waals surface area (Å²) in [7, 11) is 1.63. The molecular weight excluding hydrogens is 492 g/mol. The molecule has 6 rings (SSSR count). The van der Waals surface area contributed by atoms with Crippen molar-refractivity contribution in [3.8, 4) is 17.0 Å². The van der Waals surface area contributed by atoms with E-state index >= 15 is 0 Å². The maximum atomic E-state index is 13.5. The number of fused-ring (bicyclic) bond motifs is 1. The molecule has 36 heavy (non-hydrogen) atoms. The van der Waals surface area contributed by atoms with Crippen molar-refractivity contribution in [2.75, 3.05) is 17.5 Å². The van der Waals surface area contributed by atoms with E-state index in [1.54, 1.807) is 7.11 Å². The minimum absolute atomic E-state index is 0.189. The molecule has 3 heterocycles. The van der Waals surface area contributed by atoms with Crippen LogP contribution < -0.4 is 15.2 Å². The molecule has 0 unspecified atom stereocenters. The first-order chi connectivity index (χ1) is 17.7. The van der Waals surface area contributed by atoms with Gasteiger partial charge in [0, 0.05) is 16.5 Å². The van der Waals surface area contributed by atoms with Crippen molar-refractivity contribution in [1.29, 1.82) is 0 Å². The quantitative estimate of drug-likeness (QED) is 0.298. The minimum atomic E-state index is -0.363. The van der Waals surface area contributed by atoms with Crippen LogP contribution in [0.15, 0.2) is 94.4 Å². The summed E-state index contributed by atoms with van der Waals surface area (Å²) in [6.07, 6.45) is 0. The fraction of sp³-hybridized carbons (Fsp3) is 0.0385. The van der Waals surface area contributed by atoms with E-state index in [1.165, 1.54) is 27.7 Å². The average molecular weight is 511 g/mol. The molecule has 1 N–H and O–H groups in total. The Hall–Kier alpha value is -4.41. The van der Waals surface area contributed by atoms with E-state index in [4.69, 9.17) is 4.74 Å². The first-order valence-corrected chi connectivity index (χ1v) is 12.7. The van der Waals surface area contributed by atoms with Gasteiger partial charge in [-0.2, -0.15) is 15.2 Å². The fourth-order valence-electron chi connectivity index (χ4n) is 3.70. The molecule has 0 saturated carbocycles. The molecule has 2 aromatic heterocycles. The summed E-state index contributed by atoms with van der Waals surface area (Å²) in [6.45, 7) is 0. The third-order valence-electron chi connectivity index (χ3n) is 5.47. The summed E-state index contributed by atoms with van der Waals surface area (Å²) in [5.41, 5.74) is 6.97. The standard InChI is InChI=1S/C26H18N6O2S2/c1-34-18-12-13-19-21(14-18)36-25(27-19)30-29-23-22(17-10-6-3-7-11-17)31-32(24(23)33)26-28-20(15-35-26)16-8-4-2-5-9-16/h2-15H,1H3,(H,27,30)/b29-23-. The zero-order valence-electron chi connectivity index (χ0n) is 19.0. The van der Waals surface area contributed by atoms with Crippen molar-refractivity contribution in [3.05, 3.63) is 89.8 Å². The Balaban J connectivity index is 1.34. The van der Waals surface area contributed by atoms with Crippen molar-refractivity contribution >= 4 is 60.5 Å². The molecule has 10 heteroatoms. The first kappa shape index (κ1) is 22.1. The van der Waals surface area contributed by atoms with Gasteiger partial charge in [0.05, 0.1) is 23.0 Å². The third-order valence-corrected chi connectivity index (χ3v) is 7.21. The molecular formula is C26H18N6O2S2. The van der Waals surface area contributed by atoms with Crippen molar-refractivity contribution in [3.63, 3.8) is 0 Å². The predicted molar refractivity (Wildman–Crippen MR) is 145 cm³/mol. The number of hydrazone groups is 2. The number of hydrogen-bond donors (Lipinski definition) is 1. The lowest BCUT2D eigenvalue weighted by atomic mass is 10.1. The van der Waals surface area contributed by atoms with Crippen LogP contribution in [0.4, 0.5) is 10.3 Å². The summed E-state index contributed by atoms with van der Waals surface area (Å²) < 4.78 is 6.24. The maximum absolute atomic E-state index is 13.5. The zero-order chi connectivity index (χ0) is 24.5. The van der Waals surface area contributed by atoms with E-state index in [-0.39, 0.29) is 11.6 Å². The van der Waals surface area contributed by atoms with Gasteiger partial charge in [-0.15, -0.1) is 11.3 Å². The van der Waals surface area contributed by atoms with Crippen molar-refractivity contribution in [1.82, 2.24) is 9.97 Å². The Morgan fingerprint density at radius 1 is 0.944 bits per heavy atom. The predicted octanol–water partition coefficient (Wildman–Crippen LogP) is 5.65. The Morgan fingerprint density at radius 2 is 1.69 bits per heavy atom. The van der Waals surface area contributed by atoms with Gasteiger partial charge in [0.15, 0.2) is 5.71 Å². The van der Waals surface area contributed by atoms with E-state index in [2.05, 4.69) is 25.6 Å². The van der Waals surface area contributed by atoms with Crippen LogP contribution in [-0.2, 0) is 4.79 Å². The van der Waals surface area contributed by atoms with Gasteiger partial charge in [-0.1, -0.05) is 72.0 Å². The Kier molecular flexibility index (Phi) is 5.72. The van der Waals surface area contributed by atoms with Gasteiger partial charge >= 0.3 is 5.91 Å². The summed E-state index contributed by atoms with van der Waals surface area (Å²) >= 11 is 2.78. The molecule has 1 aliphatic rings. The lowest BCUT2D eigenvalue weighted by molar-refractivity contribution is -0.112. The number of rotatable bonds is 6. The summed E-state index contributed by atoms with van der Waals surface area (Å²) in [4.78, 5) is 22.7. The summed E-state index contributed by atoms with van der Waals surface area (Å²) in [6, 6.07) is 25.0. The topological polar surface area (TPSA) is 92.1 Å². The van der Waals surface area contributed by atoms with Crippen LogP contribution in [0.2, 0.25) is 0 Å². The number of amides is 1. The highest BCUT2D eigenvalue weighted by atomic mass is 32.1. The zero-order valence-corrected chi connectivity index (χ0v) is 20.6. The second-order valence-corrected chi connectivity index (χ2v) is 9.61. The van der Waals surface area contributed by atoms with Crippen molar-refractivity contribution in [2.45, 2.75) is 0 Å². The number of anilines is 2. The molecule has 176 valence electrons. The molecule has 0 fully saturated rings. The molecule has 0 aliphatic carbocycles. The number of nitrogens with one attached hydrogen (secondary N) is 1. The van der Waals surface area contributed by atoms with E-state index in [0.29, 0.717) is 16.0 Å². The normalized spacial score (nSPS) is 14.5. The van der Waals surface area contributed by atoms with Crippen LogP contribution in [0.3, 0.4) is 0 Å². The number of hydrogen-bond acceptors (Lipinski definition) is 9. The molecule has 5 aromatic rings. The Labute approximate surface area is 214 Å². The molecule has 0 radical (unpaired) electrons. The summed E-state index contributed by atoms with van der Waals surface area (Å²) in [5.74, 6) is 0.389. The van der Waals surface area contributed by atoms with Gasteiger partial charge in [-0.3, -0.25) is 10.2 Å². The average Bonchev–Trinajstić information content (AvgIpc) is 3.65. The molecule has 0 saturated heterocycles. The Morgan fingerprint density at radius 3 is 2.44 bits per heavy atom. The van der Waals surface area contributed by atoms with E-state index in [9.17, 15) is 4.79 Å². The van der Waals surface area contributed by atoms with Crippen LogP contribution >= 0.6 is 22.7 Å². The van der Waals surface area contributed by atoms with Crippen molar-refractivity contribution < 1.29 is 9.53 Å². The van der Waals surface area contributed by atoms with Crippen LogP contribution in [0, 0.1) is 0 Å². The lowest BCUT2D eigenvalue weighted by Crippen LogP contribution is -2.28. The largest absolute Gasteiger partial charge is 0.497 e. The molecule has 3 aromatic carbocycles. The van der Waals surface area contributed by atoms with Gasteiger partial charge in [0.2, 0.25) is 10.3 Å². The number of ether oxygens (including phenoxy) is 1. The molecule has 0 bridgehead atoms. The first-order valence-electron chi connectivity index (χ1n) is 11.0. The van der Waals surface area contributed by atoms with Crippen molar-refractivity contribution in [2.24, 2.45) is 10.2 Å². The number of benzene rings is 3. The molecule has 8 nitrogen and oxygen atoms in total. The van der Waals surface area contributed by atoms with E-state index in [0.717, 1.165) is 32.8 Å². The number of aromatic nitrogens is 2. The van der Waals surface area contributed by atoms with Gasteiger partial charge in [-0.05, 0) is 18.2 Å². The molecule has 0 spiro atoms. The highest BCUT2D eigenvalue weighted by Crippen LogP contribution is 2.31. The molecule has 0 atom stereocenters. The van der Waals surface area contributed by atoms with Crippen LogP contribution in [0.25, 0.3) is 21.5 Å². The monoisotopic (exact) mass is 510 g/mol. The molecule has 1 amide bonds. The number of carbonyl (C=O) groups is 1. The number of carbonyl (C=O) groups excluding carboxylic acids is 1. The second kappa shape index (κ2) is 9.33. The van der Waals surface area contributed by atoms with E-state index < -0.39 is 0 Å². The van der Waals surface area contributed by atoms with Crippen LogP contribution in [-0.4, -0.2) is 34.4 Å². The number of methoxy groups -OCH3 is 1. The van der Waals surface area contributed by atoms with Gasteiger partial charge < -0.3 is 4.74 Å². The maximum Gasteiger partial charge on any atom is 0.303 e. The van der Waals surface area contributed by atoms with E-state index in [1.807, 2.05) is 84.2 Å². The third kappa shape index (κ3) is 4.12. The van der Waals surface area contributed by atoms with Crippen LogP contribution in [0.1, 0.15) is 5.56 Å². The SMILES string of the molecule is COc1ccc2nc(N/N=C3\C(=O)N(c4nc(-c5ccccc5)cs4)N=C3c3ccccc3)sc2c1. The van der Waals surface area contributed by atoms with Gasteiger partial charge in [-0.25, -0.2) is 9.97 Å². The molecule has 1 aliphatic heterocycles. The van der Waals surface area contributed by atoms with Gasteiger partial charge in [0.1, 0.15) is 11.5 Å². The highest BCUT2D eigenvalue weighted by Gasteiger charge is 2.35. The van der Waals surface area contributed by atoms with Crippen LogP contribution in [0.5, 0.6) is 5.75 Å². The fourth-order valence-corrected chi connectivity index (χ4v) is 5.32. The summed E-state index contributed by atoms with van der Waals surface area (Å²) in [5, 5.41) is 13.3. The second-order valence-electron chi connectivity index (χ2n) is 7.74. The smallest absolute Gasteiger partial charge is 0.303 e.